The number of carbonyl (C=O) groups excluding carboxylic acids is 2. The highest BCUT2D eigenvalue weighted by Gasteiger charge is 2.65. The molecule has 1 saturated carbocycles. The lowest BCUT2D eigenvalue weighted by atomic mass is 9.92. The largest absolute Gasteiger partial charge is 0.395 e. The summed E-state index contributed by atoms with van der Waals surface area (Å²) in [6.45, 7) is -0.696. The summed E-state index contributed by atoms with van der Waals surface area (Å²) in [7, 11) is 0. The third-order valence-electron chi connectivity index (χ3n) is 5.42. The number of rotatable bonds is 5. The van der Waals surface area contributed by atoms with Crippen molar-refractivity contribution < 1.29 is 23.5 Å². The number of hydrogen-bond donors (Lipinski definition) is 2. The van der Waals surface area contributed by atoms with Crippen LogP contribution >= 0.6 is 0 Å². The lowest BCUT2D eigenvalue weighted by molar-refractivity contribution is -0.128. The van der Waals surface area contributed by atoms with Gasteiger partial charge in [-0.1, -0.05) is 18.2 Å². The van der Waals surface area contributed by atoms with Crippen LogP contribution in [-0.4, -0.2) is 30.1 Å². The standard InChI is InChI=1S/C20H18F2N2O3/c21-13-5-6-16(22)12(7-13)9-23-18(26)10-24-17-4-2-1-3-14(17)15-8-20(15,11-25)19(24)27/h1-7,15,25H,8-11H2,(H,23,26)/t15-,20+/m0/s1. The number of hydrogen-bond acceptors (Lipinski definition) is 3. The van der Waals surface area contributed by atoms with Gasteiger partial charge in [0.1, 0.15) is 18.2 Å². The van der Waals surface area contributed by atoms with Crippen molar-refractivity contribution in [1.29, 1.82) is 0 Å². The normalized spacial score (nSPS) is 22.9. The summed E-state index contributed by atoms with van der Waals surface area (Å²) in [6, 6.07) is 10.3. The minimum absolute atomic E-state index is 0.0214. The van der Waals surface area contributed by atoms with E-state index < -0.39 is 23.0 Å². The Kier molecular flexibility index (Phi) is 4.19. The molecule has 4 rings (SSSR count). The number of halogens is 2. The summed E-state index contributed by atoms with van der Waals surface area (Å²) in [4.78, 5) is 26.6. The Bertz CT molecular complexity index is 933. The van der Waals surface area contributed by atoms with Gasteiger partial charge in [0.05, 0.1) is 12.0 Å². The van der Waals surface area contributed by atoms with Crippen molar-refractivity contribution in [3.8, 4) is 0 Å². The Morgan fingerprint density at radius 1 is 1.26 bits per heavy atom. The van der Waals surface area contributed by atoms with Crippen LogP contribution in [-0.2, 0) is 16.1 Å². The highest BCUT2D eigenvalue weighted by atomic mass is 19.1. The molecule has 27 heavy (non-hydrogen) atoms. The SMILES string of the molecule is O=C(CN1C(=O)[C@@]2(CO)C[C@H]2c2ccccc21)NCc1cc(F)ccc1F. The molecule has 2 atom stereocenters. The number of aliphatic hydroxyl groups excluding tert-OH is 1. The Hall–Kier alpha value is -2.80. The van der Waals surface area contributed by atoms with E-state index in [4.69, 9.17) is 0 Å². The average molecular weight is 372 g/mol. The molecule has 0 saturated heterocycles. The zero-order valence-electron chi connectivity index (χ0n) is 14.4. The minimum Gasteiger partial charge on any atom is -0.395 e. The second-order valence-corrected chi connectivity index (χ2v) is 7.03. The minimum atomic E-state index is -0.844. The Balaban J connectivity index is 1.51. The van der Waals surface area contributed by atoms with Crippen LogP contribution in [0.4, 0.5) is 14.5 Å². The van der Waals surface area contributed by atoms with Crippen molar-refractivity contribution in [2.45, 2.75) is 18.9 Å². The number of fused-ring (bicyclic) bond motifs is 3. The number of amides is 2. The van der Waals surface area contributed by atoms with Gasteiger partial charge >= 0.3 is 0 Å². The van der Waals surface area contributed by atoms with Crippen molar-refractivity contribution in [1.82, 2.24) is 5.32 Å². The van der Waals surface area contributed by atoms with E-state index >= 15 is 0 Å². The first kappa shape index (κ1) is 17.6. The lowest BCUT2D eigenvalue weighted by Crippen LogP contribution is -2.47. The summed E-state index contributed by atoms with van der Waals surface area (Å²) in [5.41, 5.74) is 0.780. The summed E-state index contributed by atoms with van der Waals surface area (Å²) in [5.74, 6) is -2.00. The van der Waals surface area contributed by atoms with Gasteiger partial charge in [0, 0.05) is 23.7 Å². The molecule has 1 heterocycles. The Labute approximate surface area is 154 Å². The van der Waals surface area contributed by atoms with Crippen LogP contribution in [0.15, 0.2) is 42.5 Å². The molecule has 1 fully saturated rings. The maximum Gasteiger partial charge on any atom is 0.240 e. The van der Waals surface area contributed by atoms with Gasteiger partial charge in [0.15, 0.2) is 0 Å². The zero-order chi connectivity index (χ0) is 19.2. The van der Waals surface area contributed by atoms with Crippen LogP contribution in [0.2, 0.25) is 0 Å². The van der Waals surface area contributed by atoms with E-state index in [2.05, 4.69) is 5.32 Å². The lowest BCUT2D eigenvalue weighted by Gasteiger charge is -2.33. The molecular weight excluding hydrogens is 354 g/mol. The van der Waals surface area contributed by atoms with Gasteiger partial charge in [-0.05, 0) is 36.2 Å². The predicted octanol–water partition coefficient (Wildman–Crippen LogP) is 2.09. The molecule has 5 nitrogen and oxygen atoms in total. The molecular formula is C20H18F2N2O3. The second kappa shape index (κ2) is 6.42. The summed E-state index contributed by atoms with van der Waals surface area (Å²) in [5, 5.41) is 12.2. The fourth-order valence-corrected chi connectivity index (χ4v) is 3.83. The van der Waals surface area contributed by atoms with Crippen LogP contribution in [0.25, 0.3) is 0 Å². The van der Waals surface area contributed by atoms with Gasteiger partial charge in [-0.15, -0.1) is 0 Å². The van der Waals surface area contributed by atoms with Gasteiger partial charge in [0.25, 0.3) is 0 Å². The highest BCUT2D eigenvalue weighted by molar-refractivity contribution is 6.07. The van der Waals surface area contributed by atoms with Gasteiger partial charge in [-0.2, -0.15) is 0 Å². The summed E-state index contributed by atoms with van der Waals surface area (Å²) >= 11 is 0. The number of aliphatic hydroxyl groups is 1. The average Bonchev–Trinajstić information content (AvgIpc) is 3.42. The van der Waals surface area contributed by atoms with E-state index in [1.165, 1.54) is 4.90 Å². The van der Waals surface area contributed by atoms with E-state index in [0.29, 0.717) is 12.1 Å². The first-order valence-electron chi connectivity index (χ1n) is 8.68. The highest BCUT2D eigenvalue weighted by Crippen LogP contribution is 2.64. The number of nitrogens with one attached hydrogen (secondary N) is 1. The molecule has 1 aliphatic heterocycles. The number of anilines is 1. The van der Waals surface area contributed by atoms with Crippen molar-refractivity contribution in [3.63, 3.8) is 0 Å². The maximum atomic E-state index is 13.7. The van der Waals surface area contributed by atoms with Crippen LogP contribution in [0, 0.1) is 17.0 Å². The van der Waals surface area contributed by atoms with Crippen molar-refractivity contribution in [2.75, 3.05) is 18.1 Å². The van der Waals surface area contributed by atoms with Crippen molar-refractivity contribution >= 4 is 17.5 Å². The zero-order valence-corrected chi connectivity index (χ0v) is 14.4. The maximum absolute atomic E-state index is 13.7. The number of para-hydroxylation sites is 1. The molecule has 0 unspecified atom stereocenters. The topological polar surface area (TPSA) is 69.6 Å². The third-order valence-corrected chi connectivity index (χ3v) is 5.42. The first-order valence-corrected chi connectivity index (χ1v) is 8.68. The monoisotopic (exact) mass is 372 g/mol. The van der Waals surface area contributed by atoms with Gasteiger partial charge in [0.2, 0.25) is 11.8 Å². The molecule has 0 bridgehead atoms. The smallest absolute Gasteiger partial charge is 0.240 e. The molecule has 0 radical (unpaired) electrons. The third kappa shape index (κ3) is 2.88. The van der Waals surface area contributed by atoms with Crippen molar-refractivity contribution in [3.05, 3.63) is 65.2 Å². The van der Waals surface area contributed by atoms with Crippen molar-refractivity contribution in [2.24, 2.45) is 5.41 Å². The van der Waals surface area contributed by atoms with Crippen LogP contribution in [0.1, 0.15) is 23.5 Å². The van der Waals surface area contributed by atoms with Crippen LogP contribution < -0.4 is 10.2 Å². The Morgan fingerprint density at radius 2 is 2.04 bits per heavy atom. The predicted molar refractivity (Wildman–Crippen MR) is 93.9 cm³/mol. The molecule has 0 aromatic heterocycles. The number of carbonyl (C=O) groups is 2. The molecule has 7 heteroatoms. The fourth-order valence-electron chi connectivity index (χ4n) is 3.83. The quantitative estimate of drug-likeness (QED) is 0.845. The molecule has 0 spiro atoms. The van der Waals surface area contributed by atoms with E-state index in [1.807, 2.05) is 12.1 Å². The van der Waals surface area contributed by atoms with E-state index in [0.717, 1.165) is 23.8 Å². The molecule has 140 valence electrons. The molecule has 2 N–H and O–H groups in total. The van der Waals surface area contributed by atoms with Gasteiger partial charge in [-0.25, -0.2) is 8.78 Å². The molecule has 2 aromatic carbocycles. The Morgan fingerprint density at radius 3 is 2.81 bits per heavy atom. The van der Waals surface area contributed by atoms with E-state index in [1.54, 1.807) is 12.1 Å². The molecule has 2 aliphatic rings. The van der Waals surface area contributed by atoms with Crippen LogP contribution in [0.5, 0.6) is 0 Å². The fraction of sp³-hybridized carbons (Fsp3) is 0.300. The van der Waals surface area contributed by atoms with Crippen LogP contribution in [0.3, 0.4) is 0 Å². The number of benzene rings is 2. The second-order valence-electron chi connectivity index (χ2n) is 7.03. The van der Waals surface area contributed by atoms with Gasteiger partial charge in [-0.3, -0.25) is 9.59 Å². The molecule has 1 aliphatic carbocycles. The summed E-state index contributed by atoms with van der Waals surface area (Å²) in [6.07, 6.45) is 0.561. The van der Waals surface area contributed by atoms with E-state index in [-0.39, 0.29) is 37.1 Å². The first-order chi connectivity index (χ1) is 13.0. The summed E-state index contributed by atoms with van der Waals surface area (Å²) < 4.78 is 26.9. The molecule has 2 amide bonds. The number of nitrogens with zero attached hydrogens (tertiary/aromatic N) is 1. The van der Waals surface area contributed by atoms with Gasteiger partial charge < -0.3 is 15.3 Å². The molecule has 2 aromatic rings. The van der Waals surface area contributed by atoms with E-state index in [9.17, 15) is 23.5 Å².